The van der Waals surface area contributed by atoms with Crippen molar-refractivity contribution in [2.45, 2.75) is 54.1 Å². The molecule has 192 valence electrons. The van der Waals surface area contributed by atoms with Gasteiger partial charge in [-0.2, -0.15) is 4.57 Å². The second-order valence-corrected chi connectivity index (χ2v) is 17.3. The van der Waals surface area contributed by atoms with E-state index in [0.29, 0.717) is 0 Å². The molecule has 3 heteroatoms. The van der Waals surface area contributed by atoms with Gasteiger partial charge in [0.1, 0.15) is 20.9 Å². The van der Waals surface area contributed by atoms with Crippen LogP contribution in [0.2, 0.25) is 13.1 Å². The zero-order valence-electron chi connectivity index (χ0n) is 24.0. The fourth-order valence-electron chi connectivity index (χ4n) is 6.26. The molecule has 0 spiro atoms. The molecule has 0 aliphatic carbocycles. The summed E-state index contributed by atoms with van der Waals surface area (Å²) in [7, 11) is 0.372. The first kappa shape index (κ1) is 24.9. The topological polar surface area (TPSA) is 13.1 Å². The first-order chi connectivity index (χ1) is 17.9. The summed E-state index contributed by atoms with van der Waals surface area (Å²) in [5.74, 6) is 1.94. The number of aryl methyl sites for hydroxylation is 2. The van der Waals surface area contributed by atoms with Gasteiger partial charge in [0.05, 0.1) is 5.56 Å². The number of aromatic nitrogens is 1. The van der Waals surface area contributed by atoms with Crippen molar-refractivity contribution in [3.05, 3.63) is 89.5 Å². The van der Waals surface area contributed by atoms with E-state index in [2.05, 4.69) is 132 Å². The van der Waals surface area contributed by atoms with Gasteiger partial charge >= 0.3 is 0 Å². The lowest BCUT2D eigenvalue weighted by Crippen LogP contribution is -2.52. The zero-order valence-corrected chi connectivity index (χ0v) is 25.0. The van der Waals surface area contributed by atoms with E-state index in [-0.39, 0.29) is 5.41 Å². The average molecular weight is 517 g/mol. The summed E-state index contributed by atoms with van der Waals surface area (Å²) in [6, 6.07) is 27.3. The van der Waals surface area contributed by atoms with Gasteiger partial charge in [-0.05, 0) is 59.9 Å². The Morgan fingerprint density at radius 1 is 0.789 bits per heavy atom. The van der Waals surface area contributed by atoms with Gasteiger partial charge < -0.3 is 4.74 Å². The molecule has 0 N–H and O–H groups in total. The van der Waals surface area contributed by atoms with Crippen LogP contribution in [0.25, 0.3) is 32.9 Å². The van der Waals surface area contributed by atoms with E-state index in [0.717, 1.165) is 17.9 Å². The number of ether oxygens (including phenoxy) is 1. The van der Waals surface area contributed by atoms with Crippen molar-refractivity contribution in [2.24, 2.45) is 12.5 Å². The maximum Gasteiger partial charge on any atom is 0.256 e. The van der Waals surface area contributed by atoms with Gasteiger partial charge in [-0.3, -0.25) is 0 Å². The summed E-state index contributed by atoms with van der Waals surface area (Å²) in [6.45, 7) is 16.3. The van der Waals surface area contributed by atoms with Crippen molar-refractivity contribution in [3.8, 4) is 22.8 Å². The SMILES string of the molecule is Cc1cc2cc(CC(C)(C)C)cc3c2c(c1C)-c1c(cc2cc([Si](C)(C)c4ccccc4)ccc2[n+]1C)O3. The Labute approximate surface area is 227 Å². The van der Waals surface area contributed by atoms with Gasteiger partial charge in [-0.15, -0.1) is 0 Å². The van der Waals surface area contributed by atoms with Crippen LogP contribution in [-0.4, -0.2) is 8.07 Å². The highest BCUT2D eigenvalue weighted by Crippen LogP contribution is 2.48. The predicted octanol–water partition coefficient (Wildman–Crippen LogP) is 7.62. The van der Waals surface area contributed by atoms with Gasteiger partial charge in [0.2, 0.25) is 5.52 Å². The summed E-state index contributed by atoms with van der Waals surface area (Å²) < 4.78 is 9.14. The van der Waals surface area contributed by atoms with E-state index in [1.54, 1.807) is 0 Å². The zero-order chi connectivity index (χ0) is 27.0. The molecule has 0 saturated heterocycles. The van der Waals surface area contributed by atoms with E-state index >= 15 is 0 Å². The Kier molecular flexibility index (Phi) is 5.59. The molecule has 0 bridgehead atoms. The number of benzene rings is 4. The number of hydrogen-bond acceptors (Lipinski definition) is 1. The van der Waals surface area contributed by atoms with Gasteiger partial charge in [-0.1, -0.05) is 92.8 Å². The summed E-state index contributed by atoms with van der Waals surface area (Å²) in [6.07, 6.45) is 1.02. The number of nitrogens with zero attached hydrogens (tertiary/aromatic N) is 1. The maximum atomic E-state index is 6.79. The molecule has 1 aliphatic heterocycles. The Morgan fingerprint density at radius 2 is 1.53 bits per heavy atom. The van der Waals surface area contributed by atoms with Crippen LogP contribution in [0.1, 0.15) is 37.5 Å². The normalized spacial score (nSPS) is 13.1. The molecule has 38 heavy (non-hydrogen) atoms. The Morgan fingerprint density at radius 3 is 2.24 bits per heavy atom. The number of hydrogen-bond donors (Lipinski definition) is 0. The maximum absolute atomic E-state index is 6.79. The van der Waals surface area contributed by atoms with Crippen LogP contribution in [0.15, 0.2) is 72.8 Å². The molecule has 2 nitrogen and oxygen atoms in total. The summed E-state index contributed by atoms with van der Waals surface area (Å²) >= 11 is 0. The molecule has 1 aromatic heterocycles. The second kappa shape index (κ2) is 8.54. The van der Waals surface area contributed by atoms with Crippen LogP contribution in [0.4, 0.5) is 0 Å². The van der Waals surface area contributed by atoms with E-state index in [9.17, 15) is 0 Å². The lowest BCUT2D eigenvalue weighted by atomic mass is 9.85. The molecular weight excluding hydrogens is 478 g/mol. The highest BCUT2D eigenvalue weighted by Gasteiger charge is 2.33. The van der Waals surface area contributed by atoms with E-state index in [1.165, 1.54) is 60.0 Å². The van der Waals surface area contributed by atoms with Crippen molar-refractivity contribution in [2.75, 3.05) is 0 Å². The highest BCUT2D eigenvalue weighted by molar-refractivity contribution is 7.00. The molecule has 6 rings (SSSR count). The largest absolute Gasteiger partial charge is 0.450 e. The smallest absolute Gasteiger partial charge is 0.256 e. The molecule has 0 saturated carbocycles. The second-order valence-electron chi connectivity index (χ2n) is 12.9. The summed E-state index contributed by atoms with van der Waals surface area (Å²) in [4.78, 5) is 0. The molecule has 0 unspecified atom stereocenters. The quantitative estimate of drug-likeness (QED) is 0.174. The monoisotopic (exact) mass is 516 g/mol. The summed E-state index contributed by atoms with van der Waals surface area (Å²) in [5.41, 5.74) is 7.92. The fourth-order valence-corrected chi connectivity index (χ4v) is 8.64. The number of fused-ring (bicyclic) bond motifs is 3. The van der Waals surface area contributed by atoms with Crippen molar-refractivity contribution >= 4 is 40.1 Å². The minimum atomic E-state index is -1.82. The lowest BCUT2D eigenvalue weighted by Gasteiger charge is -2.26. The standard InChI is InChI=1S/C35H38NOSi/c1-22-16-26-17-24(21-35(3,4)5)18-30-33(26)32(23(22)2)34-31(37-30)20-25-19-28(14-15-29(25)36(34)6)38(7,8)27-12-10-9-11-13-27/h9-20H,21H2,1-8H3/q+1. The number of rotatable bonds is 3. The first-order valence-corrected chi connectivity index (χ1v) is 16.7. The minimum absolute atomic E-state index is 0.212. The van der Waals surface area contributed by atoms with Gasteiger partial charge in [0.15, 0.2) is 5.75 Å². The highest BCUT2D eigenvalue weighted by atomic mass is 28.3. The van der Waals surface area contributed by atoms with E-state index in [1.807, 2.05) is 0 Å². The van der Waals surface area contributed by atoms with Gasteiger partial charge in [-0.25, -0.2) is 0 Å². The molecule has 0 atom stereocenters. The third-order valence-corrected chi connectivity index (χ3v) is 12.0. The average Bonchev–Trinajstić information content (AvgIpc) is 2.85. The molecule has 2 heterocycles. The van der Waals surface area contributed by atoms with Crippen LogP contribution in [-0.2, 0) is 13.5 Å². The Bertz CT molecular complexity index is 1740. The van der Waals surface area contributed by atoms with Crippen LogP contribution < -0.4 is 19.7 Å². The van der Waals surface area contributed by atoms with Gasteiger partial charge in [0.25, 0.3) is 5.69 Å². The van der Waals surface area contributed by atoms with Crippen LogP contribution in [0.3, 0.4) is 0 Å². The van der Waals surface area contributed by atoms with E-state index in [4.69, 9.17) is 4.74 Å². The Hall–Kier alpha value is -3.43. The fraction of sp³-hybridized carbons (Fsp3) is 0.286. The van der Waals surface area contributed by atoms with Gasteiger partial charge in [0, 0.05) is 22.9 Å². The predicted molar refractivity (Wildman–Crippen MR) is 164 cm³/mol. The first-order valence-electron chi connectivity index (χ1n) is 13.7. The third kappa shape index (κ3) is 3.96. The van der Waals surface area contributed by atoms with Crippen molar-refractivity contribution in [3.63, 3.8) is 0 Å². The van der Waals surface area contributed by atoms with Crippen LogP contribution in [0, 0.1) is 19.3 Å². The molecular formula is C35H38NOSi+. The molecule has 0 radical (unpaired) electrons. The number of pyridine rings is 1. The van der Waals surface area contributed by atoms with Crippen LogP contribution in [0.5, 0.6) is 11.5 Å². The molecule has 1 aliphatic rings. The third-order valence-electron chi connectivity index (χ3n) is 8.43. The Balaban J connectivity index is 1.58. The molecule has 0 fully saturated rings. The van der Waals surface area contributed by atoms with Crippen LogP contribution >= 0.6 is 0 Å². The van der Waals surface area contributed by atoms with Crippen molar-refractivity contribution < 1.29 is 9.30 Å². The molecule has 4 aromatic carbocycles. The lowest BCUT2D eigenvalue weighted by molar-refractivity contribution is -0.633. The van der Waals surface area contributed by atoms with Crippen molar-refractivity contribution in [1.29, 1.82) is 0 Å². The molecule has 5 aromatic rings. The van der Waals surface area contributed by atoms with Crippen molar-refractivity contribution in [1.82, 2.24) is 0 Å². The molecule has 0 amide bonds. The van der Waals surface area contributed by atoms with E-state index < -0.39 is 8.07 Å². The minimum Gasteiger partial charge on any atom is -0.450 e. The summed E-state index contributed by atoms with van der Waals surface area (Å²) in [5, 5.41) is 6.64.